The van der Waals surface area contributed by atoms with E-state index in [-0.39, 0.29) is 0 Å². The maximum atomic E-state index is 6.48. The Morgan fingerprint density at radius 3 is 1.05 bits per heavy atom. The van der Waals surface area contributed by atoms with Crippen molar-refractivity contribution in [1.82, 2.24) is 19.9 Å². The summed E-state index contributed by atoms with van der Waals surface area (Å²) in [7, 11) is 0. The predicted octanol–water partition coefficient (Wildman–Crippen LogP) is 13.1. The van der Waals surface area contributed by atoms with Gasteiger partial charge in [0.15, 0.2) is 22.8 Å². The monoisotopic (exact) mass is 718 g/mol. The second-order valence-electron chi connectivity index (χ2n) is 13.8. The van der Waals surface area contributed by atoms with E-state index in [0.717, 1.165) is 77.5 Å². The van der Waals surface area contributed by atoms with Crippen molar-refractivity contribution in [3.63, 3.8) is 0 Å². The van der Waals surface area contributed by atoms with Gasteiger partial charge in [0.1, 0.15) is 33.6 Å². The summed E-state index contributed by atoms with van der Waals surface area (Å²) in [6.07, 6.45) is 0. The van der Waals surface area contributed by atoms with Crippen LogP contribution in [0.25, 0.3) is 112 Å². The Balaban J connectivity index is 1.11. The molecule has 262 valence electrons. The number of fused-ring (bicyclic) bond motifs is 6. The van der Waals surface area contributed by atoms with Gasteiger partial charge >= 0.3 is 0 Å². The fraction of sp³-hybridized carbons (Fsp3) is 0. The van der Waals surface area contributed by atoms with Crippen LogP contribution in [0.3, 0.4) is 0 Å². The minimum Gasteiger partial charge on any atom is -0.452 e. The lowest BCUT2D eigenvalue weighted by atomic mass is 10.0. The first kappa shape index (κ1) is 31.8. The van der Waals surface area contributed by atoms with Crippen LogP contribution in [0.4, 0.5) is 0 Å². The third-order valence-electron chi connectivity index (χ3n) is 10.4. The number of rotatable bonds is 6. The molecule has 6 heteroatoms. The highest BCUT2D eigenvalue weighted by atomic mass is 16.3. The average molecular weight is 719 g/mol. The van der Waals surface area contributed by atoms with Gasteiger partial charge in [0.25, 0.3) is 0 Å². The molecule has 4 heterocycles. The highest BCUT2D eigenvalue weighted by Gasteiger charge is 2.23. The Hall–Kier alpha value is -7.70. The molecule has 0 aliphatic heterocycles. The van der Waals surface area contributed by atoms with Crippen LogP contribution in [0.15, 0.2) is 191 Å². The van der Waals surface area contributed by atoms with Crippen LogP contribution in [0.5, 0.6) is 0 Å². The second-order valence-corrected chi connectivity index (χ2v) is 13.8. The van der Waals surface area contributed by atoms with Crippen molar-refractivity contribution in [2.24, 2.45) is 0 Å². The predicted molar refractivity (Wildman–Crippen MR) is 225 cm³/mol. The molecule has 0 saturated heterocycles. The Morgan fingerprint density at radius 2 is 0.625 bits per heavy atom. The van der Waals surface area contributed by atoms with Gasteiger partial charge in [0.05, 0.1) is 0 Å². The molecule has 0 aliphatic carbocycles. The summed E-state index contributed by atoms with van der Waals surface area (Å²) in [4.78, 5) is 21.0. The molecule has 0 atom stereocenters. The lowest BCUT2D eigenvalue weighted by Crippen LogP contribution is -1.99. The van der Waals surface area contributed by atoms with Crippen molar-refractivity contribution in [3.05, 3.63) is 182 Å². The summed E-state index contributed by atoms with van der Waals surface area (Å²) < 4.78 is 13.0. The smallest absolute Gasteiger partial charge is 0.180 e. The van der Waals surface area contributed by atoms with E-state index >= 15 is 0 Å². The number of nitrogens with zero attached hydrogens (tertiary/aromatic N) is 4. The Morgan fingerprint density at radius 1 is 0.286 bits per heavy atom. The minimum atomic E-state index is 0.552. The second kappa shape index (κ2) is 13.0. The molecule has 7 aromatic carbocycles. The fourth-order valence-electron chi connectivity index (χ4n) is 7.59. The Bertz CT molecular complexity index is 3000. The van der Waals surface area contributed by atoms with E-state index in [0.29, 0.717) is 34.2 Å². The SMILES string of the molecule is c1ccc(-c2ccc(-c3nc(-c4ccccc4-c4nc(-c5ccc(-c6ccccc6)cc5)c5oc6ccccc6c5n4)nc4c3oc3ccccc34)cc2)cc1. The molecule has 0 spiro atoms. The number of hydrogen-bond acceptors (Lipinski definition) is 6. The van der Waals surface area contributed by atoms with Crippen LogP contribution in [0.2, 0.25) is 0 Å². The zero-order valence-corrected chi connectivity index (χ0v) is 29.9. The van der Waals surface area contributed by atoms with E-state index in [2.05, 4.69) is 97.1 Å². The van der Waals surface area contributed by atoms with Crippen molar-refractivity contribution in [2.45, 2.75) is 0 Å². The van der Waals surface area contributed by atoms with E-state index in [4.69, 9.17) is 28.8 Å². The quantitative estimate of drug-likeness (QED) is 0.170. The highest BCUT2D eigenvalue weighted by Crippen LogP contribution is 2.40. The molecule has 6 nitrogen and oxygen atoms in total. The minimum absolute atomic E-state index is 0.552. The number of para-hydroxylation sites is 2. The topological polar surface area (TPSA) is 77.8 Å². The van der Waals surface area contributed by atoms with Gasteiger partial charge in [-0.2, -0.15) is 0 Å². The fourth-order valence-corrected chi connectivity index (χ4v) is 7.59. The maximum Gasteiger partial charge on any atom is 0.180 e. The largest absolute Gasteiger partial charge is 0.452 e. The molecule has 0 aliphatic rings. The molecular formula is C50H30N4O2. The molecule has 0 N–H and O–H groups in total. The zero-order chi connectivity index (χ0) is 37.0. The molecule has 11 aromatic rings. The molecule has 0 saturated carbocycles. The molecule has 0 bridgehead atoms. The Kier molecular flexibility index (Phi) is 7.38. The molecule has 56 heavy (non-hydrogen) atoms. The van der Waals surface area contributed by atoms with Gasteiger partial charge in [-0.25, -0.2) is 19.9 Å². The number of aromatic nitrogens is 4. The summed E-state index contributed by atoms with van der Waals surface area (Å²) in [5.74, 6) is 1.10. The highest BCUT2D eigenvalue weighted by molar-refractivity contribution is 6.09. The third kappa shape index (κ3) is 5.35. The van der Waals surface area contributed by atoms with Crippen molar-refractivity contribution < 1.29 is 8.83 Å². The van der Waals surface area contributed by atoms with E-state index in [9.17, 15) is 0 Å². The van der Waals surface area contributed by atoms with Gasteiger partial charge in [0.2, 0.25) is 0 Å². The third-order valence-corrected chi connectivity index (χ3v) is 10.4. The van der Waals surface area contributed by atoms with E-state index < -0.39 is 0 Å². The lowest BCUT2D eigenvalue weighted by molar-refractivity contribution is 0.667. The standard InChI is InChI=1S/C50H30N4O2/c1-3-13-31(14-4-1)33-23-27-35(28-24-33)43-47-45(39-19-9-11-21-41(39)55-47)53-49(51-43)37-17-7-8-18-38(37)50-52-44(48-46(54-50)40-20-10-12-22-42(40)56-48)36-29-25-34(26-30-36)32-15-5-2-6-16-32/h1-30H. The van der Waals surface area contributed by atoms with Gasteiger partial charge < -0.3 is 8.83 Å². The number of furan rings is 2. The van der Waals surface area contributed by atoms with Crippen LogP contribution in [-0.4, -0.2) is 19.9 Å². The van der Waals surface area contributed by atoms with E-state index in [1.807, 2.05) is 84.9 Å². The van der Waals surface area contributed by atoms with Crippen molar-refractivity contribution in [2.75, 3.05) is 0 Å². The van der Waals surface area contributed by atoms with Crippen molar-refractivity contribution in [3.8, 4) is 67.5 Å². The molecule has 0 unspecified atom stereocenters. The summed E-state index contributed by atoms with van der Waals surface area (Å²) in [6.45, 7) is 0. The van der Waals surface area contributed by atoms with Crippen LogP contribution in [-0.2, 0) is 0 Å². The van der Waals surface area contributed by atoms with Gasteiger partial charge in [-0.3, -0.25) is 0 Å². The molecule has 4 aromatic heterocycles. The molecule has 0 radical (unpaired) electrons. The number of benzene rings is 7. The average Bonchev–Trinajstić information content (AvgIpc) is 3.85. The first-order chi connectivity index (χ1) is 27.7. The maximum absolute atomic E-state index is 6.48. The number of hydrogen-bond donors (Lipinski definition) is 0. The first-order valence-corrected chi connectivity index (χ1v) is 18.6. The van der Waals surface area contributed by atoms with Crippen molar-refractivity contribution >= 4 is 44.1 Å². The van der Waals surface area contributed by atoms with Gasteiger partial charge in [-0.05, 0) is 46.5 Å². The normalized spacial score (nSPS) is 11.6. The van der Waals surface area contributed by atoms with E-state index in [1.165, 1.54) is 0 Å². The van der Waals surface area contributed by atoms with Crippen LogP contribution in [0, 0.1) is 0 Å². The van der Waals surface area contributed by atoms with Crippen molar-refractivity contribution in [1.29, 1.82) is 0 Å². The molecule has 11 rings (SSSR count). The van der Waals surface area contributed by atoms with Gasteiger partial charge in [-0.1, -0.05) is 158 Å². The summed E-state index contributed by atoms with van der Waals surface area (Å²) in [5.41, 5.74) is 13.7. The summed E-state index contributed by atoms with van der Waals surface area (Å²) >= 11 is 0. The van der Waals surface area contributed by atoms with Crippen LogP contribution < -0.4 is 0 Å². The van der Waals surface area contributed by atoms with E-state index in [1.54, 1.807) is 0 Å². The van der Waals surface area contributed by atoms with Crippen LogP contribution in [0.1, 0.15) is 0 Å². The summed E-state index contributed by atoms with van der Waals surface area (Å²) in [5, 5.41) is 1.85. The van der Waals surface area contributed by atoms with Crippen LogP contribution >= 0.6 is 0 Å². The van der Waals surface area contributed by atoms with Gasteiger partial charge in [0, 0.05) is 33.0 Å². The van der Waals surface area contributed by atoms with Gasteiger partial charge in [-0.15, -0.1) is 0 Å². The first-order valence-electron chi connectivity index (χ1n) is 18.6. The summed E-state index contributed by atoms with van der Waals surface area (Å²) in [6, 6.07) is 61.7. The molecule has 0 amide bonds. The zero-order valence-electron chi connectivity index (χ0n) is 29.9. The molecular weight excluding hydrogens is 689 g/mol. The molecule has 0 fully saturated rings. The lowest BCUT2D eigenvalue weighted by Gasteiger charge is -2.12. The Labute approximate surface area is 321 Å².